The van der Waals surface area contributed by atoms with E-state index in [9.17, 15) is 0 Å². The van der Waals surface area contributed by atoms with Gasteiger partial charge in [0.05, 0.1) is 60.9 Å². The van der Waals surface area contributed by atoms with E-state index in [4.69, 9.17) is 19.9 Å². The fraction of sp³-hybridized carbons (Fsp3) is 0. The molecule has 6 heterocycles. The largest absolute Gasteiger partial charge is 0.309 e. The molecule has 9 heteroatoms. The molecule has 312 valence electrons. The van der Waals surface area contributed by atoms with E-state index in [0.29, 0.717) is 17.7 Å². The Labute approximate surface area is 381 Å². The average molecular weight is 858 g/mol. The van der Waals surface area contributed by atoms with Crippen molar-refractivity contribution in [2.24, 2.45) is 0 Å². The van der Waals surface area contributed by atoms with E-state index >= 15 is 0 Å². The van der Waals surface area contributed by atoms with Crippen LogP contribution in [0.15, 0.2) is 212 Å². The van der Waals surface area contributed by atoms with Gasteiger partial charge in [0.1, 0.15) is 0 Å². The molecule has 0 fully saturated rings. The third kappa shape index (κ3) is 5.02. The maximum atomic E-state index is 5.53. The van der Waals surface area contributed by atoms with Gasteiger partial charge < -0.3 is 4.57 Å². The number of aromatic nitrogens is 9. The van der Waals surface area contributed by atoms with Crippen LogP contribution < -0.4 is 0 Å². The third-order valence-electron chi connectivity index (χ3n) is 13.6. The van der Waals surface area contributed by atoms with Crippen LogP contribution in [0.5, 0.6) is 0 Å². The van der Waals surface area contributed by atoms with Crippen LogP contribution in [0.3, 0.4) is 0 Å². The molecule has 0 unspecified atom stereocenters. The van der Waals surface area contributed by atoms with Crippen LogP contribution in [-0.4, -0.2) is 42.6 Å². The van der Waals surface area contributed by atoms with Gasteiger partial charge in [-0.1, -0.05) is 127 Å². The Morgan fingerprint density at radius 2 is 0.716 bits per heavy atom. The van der Waals surface area contributed by atoms with Gasteiger partial charge in [0.2, 0.25) is 17.7 Å². The highest BCUT2D eigenvalue weighted by Crippen LogP contribution is 2.39. The molecule has 9 nitrogen and oxygen atoms in total. The van der Waals surface area contributed by atoms with E-state index in [1.165, 1.54) is 21.8 Å². The highest BCUT2D eigenvalue weighted by molar-refractivity contribution is 6.12. The molecule has 0 N–H and O–H groups in total. The average Bonchev–Trinajstić information content (AvgIpc) is 4.18. The Hall–Kier alpha value is -9.34. The first-order valence-corrected chi connectivity index (χ1v) is 22.5. The molecule has 15 aromatic rings. The number of para-hydroxylation sites is 10. The summed E-state index contributed by atoms with van der Waals surface area (Å²) in [5.41, 5.74) is 13.3. The molecule has 0 aliphatic heterocycles. The van der Waals surface area contributed by atoms with E-state index in [1.807, 2.05) is 6.07 Å². The maximum absolute atomic E-state index is 5.53. The summed E-state index contributed by atoms with van der Waals surface area (Å²) in [5, 5.41) is 6.92. The number of benzene rings is 9. The second-order valence-corrected chi connectivity index (χ2v) is 17.1. The summed E-state index contributed by atoms with van der Waals surface area (Å²) in [6.45, 7) is 0. The fourth-order valence-electron chi connectivity index (χ4n) is 10.8. The molecule has 0 saturated heterocycles. The zero-order valence-corrected chi connectivity index (χ0v) is 35.7. The molecular formula is C58H35N9. The van der Waals surface area contributed by atoms with Crippen molar-refractivity contribution in [3.05, 3.63) is 212 Å². The Balaban J connectivity index is 1.03. The van der Waals surface area contributed by atoms with Crippen LogP contribution in [0.1, 0.15) is 0 Å². The van der Waals surface area contributed by atoms with E-state index in [1.54, 1.807) is 0 Å². The highest BCUT2D eigenvalue weighted by Gasteiger charge is 2.25. The van der Waals surface area contributed by atoms with Crippen molar-refractivity contribution >= 4 is 93.3 Å². The summed E-state index contributed by atoms with van der Waals surface area (Å²) in [4.78, 5) is 21.7. The molecule has 0 aliphatic rings. The minimum absolute atomic E-state index is 0.515. The number of nitrogens with zero attached hydrogens (tertiary/aromatic N) is 9. The number of hydrogen-bond acceptors (Lipinski definition) is 4. The zero-order valence-electron chi connectivity index (χ0n) is 35.7. The van der Waals surface area contributed by atoms with E-state index in [-0.39, 0.29) is 0 Å². The van der Waals surface area contributed by atoms with Gasteiger partial charge >= 0.3 is 0 Å². The molecule has 0 amide bonds. The van der Waals surface area contributed by atoms with Crippen molar-refractivity contribution in [1.29, 1.82) is 0 Å². The van der Waals surface area contributed by atoms with Crippen molar-refractivity contribution in [2.75, 3.05) is 0 Å². The number of rotatable bonds is 5. The number of hydrogen-bond donors (Lipinski definition) is 0. The van der Waals surface area contributed by atoms with Crippen molar-refractivity contribution in [1.82, 2.24) is 42.6 Å². The molecular weight excluding hydrogens is 823 g/mol. The summed E-state index contributed by atoms with van der Waals surface area (Å²) in [7, 11) is 0. The predicted octanol–water partition coefficient (Wildman–Crippen LogP) is 13.6. The van der Waals surface area contributed by atoms with E-state index in [2.05, 4.69) is 229 Å². The first kappa shape index (κ1) is 36.0. The fourth-order valence-corrected chi connectivity index (χ4v) is 10.8. The quantitative estimate of drug-likeness (QED) is 0.173. The minimum Gasteiger partial charge on any atom is -0.309 e. The smallest absolute Gasteiger partial charge is 0.240 e. The van der Waals surface area contributed by atoms with Crippen LogP contribution in [0.25, 0.3) is 128 Å². The van der Waals surface area contributed by atoms with Gasteiger partial charge in [-0.05, 0) is 84.9 Å². The molecule has 67 heavy (non-hydrogen) atoms. The van der Waals surface area contributed by atoms with Crippen molar-refractivity contribution in [3.63, 3.8) is 0 Å². The van der Waals surface area contributed by atoms with Crippen molar-refractivity contribution < 1.29 is 0 Å². The summed E-state index contributed by atoms with van der Waals surface area (Å²) in [6.07, 6.45) is 0. The van der Waals surface area contributed by atoms with Gasteiger partial charge in [0.25, 0.3) is 0 Å². The van der Waals surface area contributed by atoms with Gasteiger partial charge in [0, 0.05) is 43.6 Å². The summed E-state index contributed by atoms with van der Waals surface area (Å²) in [5.74, 6) is 2.39. The molecule has 0 saturated carbocycles. The first-order chi connectivity index (χ1) is 33.3. The normalized spacial score (nSPS) is 12.2. The second-order valence-electron chi connectivity index (χ2n) is 17.1. The molecule has 9 aromatic carbocycles. The molecule has 0 bridgehead atoms. The number of imidazole rings is 2. The van der Waals surface area contributed by atoms with Crippen LogP contribution in [0, 0.1) is 0 Å². The molecule has 0 spiro atoms. The van der Waals surface area contributed by atoms with Crippen LogP contribution in [0.4, 0.5) is 0 Å². The van der Waals surface area contributed by atoms with Gasteiger partial charge in [-0.3, -0.25) is 18.1 Å². The summed E-state index contributed by atoms with van der Waals surface area (Å²) in [6, 6.07) is 74.8. The van der Waals surface area contributed by atoms with Gasteiger partial charge in [-0.25, -0.2) is 4.98 Å². The topological polar surface area (TPSA) is 75.7 Å². The lowest BCUT2D eigenvalue weighted by Crippen LogP contribution is -2.11. The standard InChI is InChI=1S/C58H35N9/c1-8-24-45-37(17-1)38-18-2-9-25-46(38)63(45)36-33-34-51-43(35-36)41-21-5-12-28-49(41)65(51)57-61-55(60-56(62-57)64-47-26-10-3-19-39(47)40-20-4-11-27-48(40)64)42-22-6-13-29-50(42)66-53-31-15-16-32-54(53)67-52-30-14-7-23-44(52)59-58(66)67/h1-35H. The molecule has 0 radical (unpaired) electrons. The molecule has 0 atom stereocenters. The lowest BCUT2D eigenvalue weighted by molar-refractivity contribution is 0.891. The third-order valence-corrected chi connectivity index (χ3v) is 13.6. The zero-order chi connectivity index (χ0) is 43.7. The Morgan fingerprint density at radius 1 is 0.284 bits per heavy atom. The van der Waals surface area contributed by atoms with Crippen molar-refractivity contribution in [2.45, 2.75) is 0 Å². The van der Waals surface area contributed by atoms with Gasteiger partial charge in [0.15, 0.2) is 5.82 Å². The molecule has 15 rings (SSSR count). The lowest BCUT2D eigenvalue weighted by Gasteiger charge is -2.15. The Kier molecular flexibility index (Phi) is 7.31. The van der Waals surface area contributed by atoms with E-state index in [0.717, 1.165) is 88.4 Å². The summed E-state index contributed by atoms with van der Waals surface area (Å²) < 4.78 is 11.2. The first-order valence-electron chi connectivity index (χ1n) is 22.5. The minimum atomic E-state index is 0.515. The van der Waals surface area contributed by atoms with Crippen LogP contribution in [-0.2, 0) is 0 Å². The predicted molar refractivity (Wildman–Crippen MR) is 271 cm³/mol. The Morgan fingerprint density at radius 3 is 1.30 bits per heavy atom. The van der Waals surface area contributed by atoms with Gasteiger partial charge in [-0.15, -0.1) is 0 Å². The molecule has 6 aromatic heterocycles. The van der Waals surface area contributed by atoms with Crippen LogP contribution >= 0.6 is 0 Å². The molecule has 0 aliphatic carbocycles. The second kappa shape index (κ2) is 13.6. The summed E-state index contributed by atoms with van der Waals surface area (Å²) >= 11 is 0. The van der Waals surface area contributed by atoms with Crippen molar-refractivity contribution in [3.8, 4) is 34.7 Å². The lowest BCUT2D eigenvalue weighted by atomic mass is 10.1. The SMILES string of the molecule is c1ccc(-n2c3ccccc3n3c4ccccc4nc23)c(-c2nc(-n3c4ccccc4c4ccccc43)nc(-n3c4ccccc4c4cc(-n5c6ccccc6c6ccccc65)ccc43)n2)c1. The highest BCUT2D eigenvalue weighted by atomic mass is 15.3. The van der Waals surface area contributed by atoms with E-state index < -0.39 is 0 Å². The monoisotopic (exact) mass is 857 g/mol. The number of fused-ring (bicyclic) bond motifs is 14. The maximum Gasteiger partial charge on any atom is 0.240 e. The Bertz CT molecular complexity index is 4430. The van der Waals surface area contributed by atoms with Crippen LogP contribution in [0.2, 0.25) is 0 Å². The van der Waals surface area contributed by atoms with Gasteiger partial charge in [-0.2, -0.15) is 15.0 Å².